The highest BCUT2D eigenvalue weighted by molar-refractivity contribution is 7.24. The number of hydrogen-bond donors (Lipinski definition) is 0. The molecule has 0 radical (unpaired) electrons. The summed E-state index contributed by atoms with van der Waals surface area (Å²) in [6.45, 7) is 6.07. The van der Waals surface area contributed by atoms with Crippen LogP contribution in [0.3, 0.4) is 0 Å². The third-order valence-corrected chi connectivity index (χ3v) is 5.69. The van der Waals surface area contributed by atoms with Crippen LogP contribution in [0.1, 0.15) is 30.3 Å². The Morgan fingerprint density at radius 2 is 1.74 bits per heavy atom. The topological polar surface area (TPSA) is 52.0 Å². The summed E-state index contributed by atoms with van der Waals surface area (Å²) in [4.78, 5) is 31.8. The Kier molecular flexibility index (Phi) is 4.40. The molecule has 4 rings (SSSR count). The van der Waals surface area contributed by atoms with Crippen molar-refractivity contribution >= 4 is 31.6 Å². The molecular formula is C22H20N2O2S. The lowest BCUT2D eigenvalue weighted by molar-refractivity contribution is 0.775. The van der Waals surface area contributed by atoms with Crippen LogP contribution < -0.4 is 11.0 Å². The molecule has 0 fully saturated rings. The van der Waals surface area contributed by atoms with Gasteiger partial charge >= 0.3 is 0 Å². The summed E-state index contributed by atoms with van der Waals surface area (Å²) >= 11 is 1.41. The monoisotopic (exact) mass is 376 g/mol. The fourth-order valence-corrected chi connectivity index (χ4v) is 4.59. The minimum absolute atomic E-state index is 0.178. The molecule has 0 aliphatic carbocycles. The van der Waals surface area contributed by atoms with Gasteiger partial charge in [0.2, 0.25) is 5.43 Å². The van der Waals surface area contributed by atoms with E-state index in [1.54, 1.807) is 10.6 Å². The highest BCUT2D eigenvalue weighted by Crippen LogP contribution is 2.23. The molecule has 4 nitrogen and oxygen atoms in total. The van der Waals surface area contributed by atoms with Crippen molar-refractivity contribution in [2.75, 3.05) is 0 Å². The first-order valence-corrected chi connectivity index (χ1v) is 9.87. The standard InChI is InChI=1S/C22H20N2O2S/c1-4-7-18-23-21-19(20(25)16-8-5-6-9-17(16)27-21)22(26)24(18)15-11-13(2)10-14(3)12-15/h5-6,8-12H,4,7H2,1-3H3. The van der Waals surface area contributed by atoms with E-state index in [9.17, 15) is 9.59 Å². The summed E-state index contributed by atoms with van der Waals surface area (Å²) in [6.07, 6.45) is 1.54. The summed E-state index contributed by atoms with van der Waals surface area (Å²) in [5.41, 5.74) is 2.40. The van der Waals surface area contributed by atoms with Crippen molar-refractivity contribution in [2.24, 2.45) is 0 Å². The zero-order chi connectivity index (χ0) is 19.1. The fourth-order valence-electron chi connectivity index (χ4n) is 3.53. The minimum Gasteiger partial charge on any atom is -0.288 e. The third-order valence-electron chi connectivity index (χ3n) is 4.62. The van der Waals surface area contributed by atoms with Gasteiger partial charge in [0, 0.05) is 16.5 Å². The van der Waals surface area contributed by atoms with Crippen molar-refractivity contribution in [2.45, 2.75) is 33.6 Å². The first kappa shape index (κ1) is 17.6. The molecule has 0 aliphatic rings. The van der Waals surface area contributed by atoms with E-state index in [-0.39, 0.29) is 16.4 Å². The highest BCUT2D eigenvalue weighted by atomic mass is 32.1. The molecule has 0 amide bonds. The molecule has 2 aromatic carbocycles. The first-order chi connectivity index (χ1) is 13.0. The number of rotatable bonds is 3. The van der Waals surface area contributed by atoms with Crippen LogP contribution in [0.4, 0.5) is 0 Å². The van der Waals surface area contributed by atoms with E-state index < -0.39 is 0 Å². The molecule has 0 atom stereocenters. The predicted octanol–water partition coefficient (Wildman–Crippen LogP) is 4.53. The largest absolute Gasteiger partial charge is 0.288 e. The van der Waals surface area contributed by atoms with Crippen LogP contribution in [0.2, 0.25) is 0 Å². The number of aryl methyl sites for hydroxylation is 3. The molecule has 5 heteroatoms. The maximum absolute atomic E-state index is 13.4. The van der Waals surface area contributed by atoms with E-state index in [0.29, 0.717) is 22.5 Å². The van der Waals surface area contributed by atoms with Gasteiger partial charge in [-0.2, -0.15) is 0 Å². The quantitative estimate of drug-likeness (QED) is 0.494. The van der Waals surface area contributed by atoms with Crippen molar-refractivity contribution in [1.82, 2.24) is 9.55 Å². The van der Waals surface area contributed by atoms with Crippen molar-refractivity contribution in [3.8, 4) is 5.69 Å². The summed E-state index contributed by atoms with van der Waals surface area (Å²) in [5, 5.41) is 0.752. The second kappa shape index (κ2) is 6.74. The van der Waals surface area contributed by atoms with Gasteiger partial charge in [-0.05, 0) is 55.7 Å². The third kappa shape index (κ3) is 2.98. The molecule has 2 aromatic heterocycles. The molecule has 2 heterocycles. The van der Waals surface area contributed by atoms with Gasteiger partial charge in [-0.1, -0.05) is 25.1 Å². The first-order valence-electron chi connectivity index (χ1n) is 9.05. The molecule has 0 N–H and O–H groups in total. The van der Waals surface area contributed by atoms with Crippen molar-refractivity contribution < 1.29 is 0 Å². The normalized spacial score (nSPS) is 11.4. The molecule has 0 saturated heterocycles. The lowest BCUT2D eigenvalue weighted by atomic mass is 10.1. The van der Waals surface area contributed by atoms with Crippen LogP contribution >= 0.6 is 11.3 Å². The summed E-state index contributed by atoms with van der Waals surface area (Å²) in [6, 6.07) is 13.4. The molecule has 4 aromatic rings. The van der Waals surface area contributed by atoms with E-state index in [4.69, 9.17) is 4.98 Å². The maximum atomic E-state index is 13.4. The van der Waals surface area contributed by atoms with Crippen molar-refractivity contribution in [3.05, 3.63) is 80.0 Å². The maximum Gasteiger partial charge on any atom is 0.270 e. The lowest BCUT2D eigenvalue weighted by Gasteiger charge is -2.14. The number of fused-ring (bicyclic) bond motifs is 2. The molecule has 0 spiro atoms. The van der Waals surface area contributed by atoms with E-state index in [1.807, 2.05) is 44.2 Å². The number of aromatic nitrogens is 2. The SMILES string of the molecule is CCCc1nc2sc3ccccc3c(=O)c2c(=O)n1-c1cc(C)cc(C)c1. The van der Waals surface area contributed by atoms with Crippen LogP contribution in [0.5, 0.6) is 0 Å². The van der Waals surface area contributed by atoms with Crippen LogP contribution in [-0.2, 0) is 6.42 Å². The Balaban J connectivity index is 2.17. The number of benzene rings is 2. The molecular weight excluding hydrogens is 356 g/mol. The van der Waals surface area contributed by atoms with Crippen LogP contribution in [-0.4, -0.2) is 9.55 Å². The van der Waals surface area contributed by atoms with Crippen LogP contribution in [0.15, 0.2) is 52.1 Å². The van der Waals surface area contributed by atoms with Gasteiger partial charge in [0.25, 0.3) is 5.56 Å². The molecule has 0 saturated carbocycles. The average Bonchev–Trinajstić information content (AvgIpc) is 2.61. The average molecular weight is 376 g/mol. The minimum atomic E-state index is -0.277. The number of hydrogen-bond acceptors (Lipinski definition) is 4. The lowest BCUT2D eigenvalue weighted by Crippen LogP contribution is -2.27. The highest BCUT2D eigenvalue weighted by Gasteiger charge is 2.17. The molecule has 27 heavy (non-hydrogen) atoms. The van der Waals surface area contributed by atoms with E-state index in [2.05, 4.69) is 13.0 Å². The zero-order valence-electron chi connectivity index (χ0n) is 15.6. The number of nitrogens with zero attached hydrogens (tertiary/aromatic N) is 2. The Labute approximate surface area is 160 Å². The second-order valence-corrected chi connectivity index (χ2v) is 7.90. The van der Waals surface area contributed by atoms with E-state index >= 15 is 0 Å². The van der Waals surface area contributed by atoms with Gasteiger partial charge in [-0.3, -0.25) is 14.2 Å². The Morgan fingerprint density at radius 1 is 1.04 bits per heavy atom. The van der Waals surface area contributed by atoms with Gasteiger partial charge in [-0.25, -0.2) is 4.98 Å². The smallest absolute Gasteiger partial charge is 0.270 e. The van der Waals surface area contributed by atoms with Gasteiger partial charge in [-0.15, -0.1) is 11.3 Å². The van der Waals surface area contributed by atoms with Crippen LogP contribution in [0.25, 0.3) is 26.0 Å². The van der Waals surface area contributed by atoms with Crippen LogP contribution in [0, 0.1) is 13.8 Å². The van der Waals surface area contributed by atoms with Crippen molar-refractivity contribution in [3.63, 3.8) is 0 Å². The zero-order valence-corrected chi connectivity index (χ0v) is 16.4. The molecule has 0 bridgehead atoms. The summed E-state index contributed by atoms with van der Waals surface area (Å²) in [7, 11) is 0. The van der Waals surface area contributed by atoms with E-state index in [1.165, 1.54) is 11.3 Å². The Bertz CT molecular complexity index is 1280. The fraction of sp³-hybridized carbons (Fsp3) is 0.227. The predicted molar refractivity (Wildman–Crippen MR) is 112 cm³/mol. The molecule has 0 unspecified atom stereocenters. The Morgan fingerprint density at radius 3 is 2.44 bits per heavy atom. The molecule has 136 valence electrons. The van der Waals surface area contributed by atoms with Gasteiger partial charge in [0.1, 0.15) is 16.0 Å². The van der Waals surface area contributed by atoms with Crippen molar-refractivity contribution in [1.29, 1.82) is 0 Å². The van der Waals surface area contributed by atoms with E-state index in [0.717, 1.165) is 27.9 Å². The Hall–Kier alpha value is -2.79. The summed E-state index contributed by atoms with van der Waals surface area (Å²) < 4.78 is 2.47. The van der Waals surface area contributed by atoms with Gasteiger partial charge in [0.15, 0.2) is 0 Å². The summed E-state index contributed by atoms with van der Waals surface area (Å²) in [5.74, 6) is 0.700. The second-order valence-electron chi connectivity index (χ2n) is 6.87. The van der Waals surface area contributed by atoms with Gasteiger partial charge < -0.3 is 0 Å². The van der Waals surface area contributed by atoms with Gasteiger partial charge in [0.05, 0.1) is 5.69 Å². The molecule has 0 aliphatic heterocycles.